The van der Waals surface area contributed by atoms with Crippen LogP contribution in [0.25, 0.3) is 22.0 Å². The van der Waals surface area contributed by atoms with Gasteiger partial charge < -0.3 is 9.30 Å². The van der Waals surface area contributed by atoms with Gasteiger partial charge in [0, 0.05) is 16.5 Å². The number of thiophene rings is 1. The van der Waals surface area contributed by atoms with E-state index in [4.69, 9.17) is 4.74 Å². The molecule has 0 bridgehead atoms. The average molecular weight is 347 g/mol. The van der Waals surface area contributed by atoms with Crippen molar-refractivity contribution < 1.29 is 9.53 Å². The Kier molecular flexibility index (Phi) is 4.12. The van der Waals surface area contributed by atoms with Crippen molar-refractivity contribution in [2.24, 2.45) is 0 Å². The van der Waals surface area contributed by atoms with Crippen LogP contribution in [0.2, 0.25) is 0 Å². The van der Waals surface area contributed by atoms with E-state index in [2.05, 4.69) is 40.3 Å². The minimum atomic E-state index is -0.304. The van der Waals surface area contributed by atoms with Crippen molar-refractivity contribution >= 4 is 28.2 Å². The molecule has 4 rings (SSSR count). The first-order chi connectivity index (χ1) is 12.3. The molecule has 2 aromatic heterocycles. The number of benzene rings is 2. The van der Waals surface area contributed by atoms with E-state index >= 15 is 0 Å². The number of methoxy groups -OCH3 is 1. The van der Waals surface area contributed by atoms with E-state index in [1.807, 2.05) is 36.5 Å². The quantitative estimate of drug-likeness (QED) is 0.475. The molecule has 0 aliphatic heterocycles. The lowest BCUT2D eigenvalue weighted by atomic mass is 10.1. The molecular weight excluding hydrogens is 330 g/mol. The minimum Gasteiger partial charge on any atom is -0.465 e. The van der Waals surface area contributed by atoms with Gasteiger partial charge in [0.1, 0.15) is 0 Å². The largest absolute Gasteiger partial charge is 0.465 e. The van der Waals surface area contributed by atoms with Crippen LogP contribution in [0, 0.1) is 0 Å². The van der Waals surface area contributed by atoms with Gasteiger partial charge in [0.05, 0.1) is 24.7 Å². The van der Waals surface area contributed by atoms with Crippen molar-refractivity contribution in [3.05, 3.63) is 82.7 Å². The molecule has 0 spiro atoms. The maximum Gasteiger partial charge on any atom is 0.340 e. The number of carbonyl (C=O) groups is 1. The zero-order valence-electron chi connectivity index (χ0n) is 13.8. The van der Waals surface area contributed by atoms with Crippen LogP contribution >= 0.6 is 11.3 Å². The second kappa shape index (κ2) is 6.57. The van der Waals surface area contributed by atoms with E-state index in [0.717, 1.165) is 17.4 Å². The fourth-order valence-corrected chi connectivity index (χ4v) is 3.97. The molecule has 0 amide bonds. The summed E-state index contributed by atoms with van der Waals surface area (Å²) in [7, 11) is 1.42. The molecule has 0 saturated carbocycles. The summed E-state index contributed by atoms with van der Waals surface area (Å²) in [4.78, 5) is 13.3. The van der Waals surface area contributed by atoms with E-state index in [9.17, 15) is 4.79 Å². The third-order valence-corrected chi connectivity index (χ3v) is 5.20. The average Bonchev–Trinajstić information content (AvgIpc) is 3.29. The number of para-hydroxylation sites is 1. The van der Waals surface area contributed by atoms with Crippen molar-refractivity contribution in [2.45, 2.75) is 6.54 Å². The highest BCUT2D eigenvalue weighted by Crippen LogP contribution is 2.28. The molecule has 0 N–H and O–H groups in total. The molecule has 25 heavy (non-hydrogen) atoms. The minimum absolute atomic E-state index is 0.304. The fourth-order valence-electron chi connectivity index (χ4n) is 3.08. The molecule has 124 valence electrons. The van der Waals surface area contributed by atoms with Gasteiger partial charge in [0.2, 0.25) is 0 Å². The summed E-state index contributed by atoms with van der Waals surface area (Å²) in [5, 5.41) is 3.22. The molecule has 0 saturated heterocycles. The monoisotopic (exact) mass is 347 g/mol. The van der Waals surface area contributed by atoms with Crippen LogP contribution in [0.15, 0.2) is 72.2 Å². The molecule has 0 radical (unpaired) electrons. The first-order valence-electron chi connectivity index (χ1n) is 8.05. The van der Waals surface area contributed by atoms with Gasteiger partial charge in [0.25, 0.3) is 0 Å². The molecule has 4 heteroatoms. The van der Waals surface area contributed by atoms with Crippen molar-refractivity contribution in [1.29, 1.82) is 0 Å². The first-order valence-corrected chi connectivity index (χ1v) is 8.93. The van der Waals surface area contributed by atoms with Gasteiger partial charge in [-0.05, 0) is 34.7 Å². The zero-order chi connectivity index (χ0) is 17.2. The number of fused-ring (bicyclic) bond motifs is 1. The number of hydrogen-bond acceptors (Lipinski definition) is 3. The van der Waals surface area contributed by atoms with Crippen LogP contribution in [0.4, 0.5) is 0 Å². The second-order valence-electron chi connectivity index (χ2n) is 5.85. The Morgan fingerprint density at radius 3 is 2.68 bits per heavy atom. The highest BCUT2D eigenvalue weighted by atomic mass is 32.1. The molecule has 2 aromatic carbocycles. The summed E-state index contributed by atoms with van der Waals surface area (Å²) < 4.78 is 7.04. The lowest BCUT2D eigenvalue weighted by Crippen LogP contribution is -2.05. The fraction of sp³-hybridized carbons (Fsp3) is 0.0952. The van der Waals surface area contributed by atoms with Crippen molar-refractivity contribution in [1.82, 2.24) is 4.57 Å². The van der Waals surface area contributed by atoms with Crippen molar-refractivity contribution in [3.8, 4) is 11.1 Å². The highest BCUT2D eigenvalue weighted by molar-refractivity contribution is 7.10. The van der Waals surface area contributed by atoms with E-state index in [-0.39, 0.29) is 5.97 Å². The lowest BCUT2D eigenvalue weighted by molar-refractivity contribution is 0.0602. The van der Waals surface area contributed by atoms with E-state index in [1.54, 1.807) is 11.3 Å². The number of hydrogen-bond donors (Lipinski definition) is 0. The lowest BCUT2D eigenvalue weighted by Gasteiger charge is -2.07. The summed E-state index contributed by atoms with van der Waals surface area (Å²) >= 11 is 1.73. The number of esters is 1. The van der Waals surface area contributed by atoms with Gasteiger partial charge in [-0.1, -0.05) is 42.5 Å². The SMILES string of the molecule is COC(=O)c1cccc2ccn(Cc3cc(-c4ccccc4)cs3)c12. The van der Waals surface area contributed by atoms with Crippen LogP contribution in [0.3, 0.4) is 0 Å². The van der Waals surface area contributed by atoms with Crippen molar-refractivity contribution in [2.75, 3.05) is 7.11 Å². The molecule has 0 atom stereocenters. The van der Waals surface area contributed by atoms with Crippen LogP contribution in [0.1, 0.15) is 15.2 Å². The normalized spacial score (nSPS) is 10.9. The van der Waals surface area contributed by atoms with Crippen LogP contribution in [-0.2, 0) is 11.3 Å². The highest BCUT2D eigenvalue weighted by Gasteiger charge is 2.14. The van der Waals surface area contributed by atoms with Gasteiger partial charge in [-0.25, -0.2) is 4.79 Å². The zero-order valence-corrected chi connectivity index (χ0v) is 14.6. The van der Waals surface area contributed by atoms with E-state index in [0.29, 0.717) is 5.56 Å². The van der Waals surface area contributed by atoms with Crippen molar-refractivity contribution in [3.63, 3.8) is 0 Å². The summed E-state index contributed by atoms with van der Waals surface area (Å²) in [6, 6.07) is 20.3. The maximum atomic E-state index is 12.1. The number of nitrogens with zero attached hydrogens (tertiary/aromatic N) is 1. The number of rotatable bonds is 4. The van der Waals surface area contributed by atoms with Crippen LogP contribution in [-0.4, -0.2) is 17.6 Å². The molecule has 0 aliphatic carbocycles. The van der Waals surface area contributed by atoms with Gasteiger partial charge in [0.15, 0.2) is 0 Å². The Morgan fingerprint density at radius 1 is 1.04 bits per heavy atom. The Hall–Kier alpha value is -2.85. The van der Waals surface area contributed by atoms with Crippen LogP contribution in [0.5, 0.6) is 0 Å². The van der Waals surface area contributed by atoms with Gasteiger partial charge >= 0.3 is 5.97 Å². The Balaban J connectivity index is 1.70. The summed E-state index contributed by atoms with van der Waals surface area (Å²) in [5.74, 6) is -0.304. The summed E-state index contributed by atoms with van der Waals surface area (Å²) in [5.41, 5.74) is 3.97. The molecule has 2 heterocycles. The number of aromatic nitrogens is 1. The Bertz CT molecular complexity index is 1030. The molecule has 0 unspecified atom stereocenters. The summed E-state index contributed by atoms with van der Waals surface area (Å²) in [6.07, 6.45) is 2.03. The number of ether oxygens (including phenoxy) is 1. The molecule has 0 aliphatic rings. The van der Waals surface area contributed by atoms with Gasteiger partial charge in [-0.2, -0.15) is 0 Å². The molecule has 4 aromatic rings. The third kappa shape index (κ3) is 2.96. The van der Waals surface area contributed by atoms with E-state index < -0.39 is 0 Å². The Morgan fingerprint density at radius 2 is 1.88 bits per heavy atom. The topological polar surface area (TPSA) is 31.2 Å². The second-order valence-corrected chi connectivity index (χ2v) is 6.84. The van der Waals surface area contributed by atoms with Crippen LogP contribution < -0.4 is 0 Å². The Labute approximate surface area is 150 Å². The van der Waals surface area contributed by atoms with Gasteiger partial charge in [-0.3, -0.25) is 0 Å². The standard InChI is InChI=1S/C21H17NO2S/c1-24-21(23)19-9-5-8-16-10-11-22(20(16)19)13-18-12-17(14-25-18)15-6-3-2-4-7-15/h2-12,14H,13H2,1H3. The molecule has 3 nitrogen and oxygen atoms in total. The maximum absolute atomic E-state index is 12.1. The van der Waals surface area contributed by atoms with E-state index in [1.165, 1.54) is 23.1 Å². The van der Waals surface area contributed by atoms with Gasteiger partial charge in [-0.15, -0.1) is 11.3 Å². The first kappa shape index (κ1) is 15.7. The predicted octanol–water partition coefficient (Wildman–Crippen LogP) is 5.20. The number of carbonyl (C=O) groups excluding carboxylic acids is 1. The molecule has 0 fully saturated rings. The molecular formula is C21H17NO2S. The smallest absolute Gasteiger partial charge is 0.340 e. The summed E-state index contributed by atoms with van der Waals surface area (Å²) in [6.45, 7) is 0.731. The third-order valence-electron chi connectivity index (χ3n) is 4.28. The predicted molar refractivity (Wildman–Crippen MR) is 102 cm³/mol.